The van der Waals surface area contributed by atoms with Crippen LogP contribution in [0.5, 0.6) is 0 Å². The molecule has 3 nitrogen and oxygen atoms in total. The fraction of sp³-hybridized carbons (Fsp3) is 0.615. The lowest BCUT2D eigenvalue weighted by molar-refractivity contribution is 0.326. The Kier molecular flexibility index (Phi) is 2.56. The van der Waals surface area contributed by atoms with Gasteiger partial charge in [0.15, 0.2) is 0 Å². The van der Waals surface area contributed by atoms with Crippen molar-refractivity contribution in [2.24, 2.45) is 0 Å². The van der Waals surface area contributed by atoms with E-state index in [0.29, 0.717) is 6.04 Å². The van der Waals surface area contributed by atoms with E-state index in [2.05, 4.69) is 28.2 Å². The van der Waals surface area contributed by atoms with E-state index >= 15 is 0 Å². The predicted octanol–water partition coefficient (Wildman–Crippen LogP) is 2.04. The maximum Gasteiger partial charge on any atom is 0.0403 e. The summed E-state index contributed by atoms with van der Waals surface area (Å²) in [5, 5.41) is 3.64. The average molecular weight is 217 g/mol. The smallest absolute Gasteiger partial charge is 0.0403 e. The molecule has 2 aliphatic rings. The van der Waals surface area contributed by atoms with Gasteiger partial charge in [0.05, 0.1) is 0 Å². The Bertz CT molecular complexity index is 373. The summed E-state index contributed by atoms with van der Waals surface area (Å²) < 4.78 is 0. The fourth-order valence-electron chi connectivity index (χ4n) is 2.53. The second kappa shape index (κ2) is 4.06. The van der Waals surface area contributed by atoms with Gasteiger partial charge in [-0.25, -0.2) is 0 Å². The van der Waals surface area contributed by atoms with Crippen LogP contribution in [0, 0.1) is 6.92 Å². The van der Waals surface area contributed by atoms with Gasteiger partial charge < -0.3 is 5.32 Å². The second-order valence-electron chi connectivity index (χ2n) is 5.05. The number of hydrogen-bond donors (Lipinski definition) is 1. The lowest BCUT2D eigenvalue weighted by atomic mass is 10.2. The van der Waals surface area contributed by atoms with Crippen LogP contribution in [0.25, 0.3) is 0 Å². The van der Waals surface area contributed by atoms with E-state index < -0.39 is 0 Å². The molecule has 1 saturated heterocycles. The molecule has 1 aliphatic carbocycles. The normalized spacial score (nSPS) is 25.9. The van der Waals surface area contributed by atoms with Crippen LogP contribution >= 0.6 is 0 Å². The van der Waals surface area contributed by atoms with Gasteiger partial charge in [-0.3, -0.25) is 9.88 Å². The first-order valence-electron chi connectivity index (χ1n) is 6.24. The minimum absolute atomic E-state index is 0.627. The maximum absolute atomic E-state index is 4.12. The molecular weight excluding hydrogens is 198 g/mol. The van der Waals surface area contributed by atoms with Crippen LogP contribution in [0.4, 0.5) is 5.69 Å². The van der Waals surface area contributed by atoms with Gasteiger partial charge in [0, 0.05) is 43.3 Å². The van der Waals surface area contributed by atoms with E-state index in [0.717, 1.165) is 6.04 Å². The van der Waals surface area contributed by atoms with Crippen LogP contribution in [0.1, 0.15) is 24.8 Å². The summed E-state index contributed by atoms with van der Waals surface area (Å²) in [5.74, 6) is 0. The summed E-state index contributed by atoms with van der Waals surface area (Å²) in [6.45, 7) is 4.60. The first-order chi connectivity index (χ1) is 7.83. The van der Waals surface area contributed by atoms with Gasteiger partial charge >= 0.3 is 0 Å². The summed E-state index contributed by atoms with van der Waals surface area (Å²) >= 11 is 0. The average Bonchev–Trinajstić information content (AvgIpc) is 3.03. The molecule has 1 aromatic heterocycles. The van der Waals surface area contributed by atoms with E-state index in [-0.39, 0.29) is 0 Å². The van der Waals surface area contributed by atoms with Crippen LogP contribution in [-0.4, -0.2) is 35.1 Å². The fourth-order valence-corrected chi connectivity index (χ4v) is 2.53. The monoisotopic (exact) mass is 217 g/mol. The maximum atomic E-state index is 4.12. The third kappa shape index (κ3) is 2.05. The van der Waals surface area contributed by atoms with Gasteiger partial charge in [-0.05, 0) is 37.8 Å². The second-order valence-corrected chi connectivity index (χ2v) is 5.05. The highest BCUT2D eigenvalue weighted by Gasteiger charge is 2.34. The Morgan fingerprint density at radius 1 is 1.38 bits per heavy atom. The van der Waals surface area contributed by atoms with Crippen molar-refractivity contribution in [3.63, 3.8) is 0 Å². The first-order valence-corrected chi connectivity index (χ1v) is 6.24. The van der Waals surface area contributed by atoms with Crippen molar-refractivity contribution in [2.75, 3.05) is 18.4 Å². The van der Waals surface area contributed by atoms with Gasteiger partial charge in [-0.1, -0.05) is 0 Å². The molecule has 0 bridgehead atoms. The largest absolute Gasteiger partial charge is 0.381 e. The molecule has 3 heteroatoms. The van der Waals surface area contributed by atoms with E-state index in [1.165, 1.54) is 43.6 Å². The number of rotatable bonds is 3. The van der Waals surface area contributed by atoms with Crippen LogP contribution < -0.4 is 5.32 Å². The Hall–Kier alpha value is -1.09. The lowest BCUT2D eigenvalue weighted by Gasteiger charge is -2.17. The zero-order valence-electron chi connectivity index (χ0n) is 9.82. The van der Waals surface area contributed by atoms with Crippen molar-refractivity contribution in [3.05, 3.63) is 24.0 Å². The summed E-state index contributed by atoms with van der Waals surface area (Å²) in [7, 11) is 0. The van der Waals surface area contributed by atoms with Crippen molar-refractivity contribution < 1.29 is 0 Å². The Labute approximate surface area is 96.9 Å². The first kappa shape index (κ1) is 10.1. The Balaban J connectivity index is 1.61. The molecule has 1 saturated carbocycles. The van der Waals surface area contributed by atoms with Gasteiger partial charge in [0.1, 0.15) is 0 Å². The van der Waals surface area contributed by atoms with Crippen LogP contribution in [0.15, 0.2) is 18.5 Å². The van der Waals surface area contributed by atoms with Crippen molar-refractivity contribution in [3.8, 4) is 0 Å². The quantitative estimate of drug-likeness (QED) is 0.839. The van der Waals surface area contributed by atoms with Crippen LogP contribution in [-0.2, 0) is 0 Å². The molecule has 86 valence electrons. The van der Waals surface area contributed by atoms with Crippen molar-refractivity contribution in [2.45, 2.75) is 38.3 Å². The minimum atomic E-state index is 0.627. The van der Waals surface area contributed by atoms with Gasteiger partial charge in [0.2, 0.25) is 0 Å². The molecular formula is C13H19N3. The molecule has 2 fully saturated rings. The number of likely N-dealkylation sites (tertiary alicyclic amines) is 1. The third-order valence-electron chi connectivity index (χ3n) is 3.66. The molecule has 2 heterocycles. The summed E-state index contributed by atoms with van der Waals surface area (Å²) in [5.41, 5.74) is 2.49. The van der Waals surface area contributed by atoms with Crippen molar-refractivity contribution in [1.82, 2.24) is 9.88 Å². The molecule has 0 aromatic carbocycles. The zero-order chi connectivity index (χ0) is 11.0. The minimum Gasteiger partial charge on any atom is -0.381 e. The molecule has 0 spiro atoms. The molecule has 1 aliphatic heterocycles. The Morgan fingerprint density at radius 2 is 2.25 bits per heavy atom. The number of nitrogens with one attached hydrogen (secondary N) is 1. The lowest BCUT2D eigenvalue weighted by Crippen LogP contribution is -2.27. The number of hydrogen-bond acceptors (Lipinski definition) is 3. The highest BCUT2D eigenvalue weighted by Crippen LogP contribution is 2.30. The van der Waals surface area contributed by atoms with E-state index in [1.807, 2.05) is 12.4 Å². The van der Waals surface area contributed by atoms with Gasteiger partial charge in [-0.15, -0.1) is 0 Å². The number of pyridine rings is 1. The van der Waals surface area contributed by atoms with Crippen molar-refractivity contribution in [1.29, 1.82) is 0 Å². The van der Waals surface area contributed by atoms with E-state index in [9.17, 15) is 0 Å². The van der Waals surface area contributed by atoms with E-state index in [4.69, 9.17) is 0 Å². The molecule has 16 heavy (non-hydrogen) atoms. The molecule has 1 atom stereocenters. The number of aryl methyl sites for hydroxylation is 1. The Morgan fingerprint density at radius 3 is 3.00 bits per heavy atom. The highest BCUT2D eigenvalue weighted by atomic mass is 15.2. The molecule has 1 unspecified atom stereocenters. The van der Waals surface area contributed by atoms with Gasteiger partial charge in [-0.2, -0.15) is 0 Å². The third-order valence-corrected chi connectivity index (χ3v) is 3.66. The molecule has 3 rings (SSSR count). The van der Waals surface area contributed by atoms with Crippen molar-refractivity contribution >= 4 is 5.69 Å². The topological polar surface area (TPSA) is 28.2 Å². The standard InChI is InChI=1S/C13H19N3/c1-10-8-14-6-4-13(10)15-11-5-7-16(9-11)12-2-3-12/h4,6,8,11-12H,2-3,5,7,9H2,1H3,(H,14,15). The number of aromatic nitrogens is 1. The number of anilines is 1. The van der Waals surface area contributed by atoms with Crippen LogP contribution in [0.3, 0.4) is 0 Å². The zero-order valence-corrected chi connectivity index (χ0v) is 9.82. The molecule has 0 radical (unpaired) electrons. The predicted molar refractivity (Wildman–Crippen MR) is 65.6 cm³/mol. The number of nitrogens with zero attached hydrogens (tertiary/aromatic N) is 2. The van der Waals surface area contributed by atoms with E-state index in [1.54, 1.807) is 0 Å². The SMILES string of the molecule is Cc1cnccc1NC1CCN(C2CC2)C1. The molecule has 1 aromatic rings. The van der Waals surface area contributed by atoms with Crippen LogP contribution in [0.2, 0.25) is 0 Å². The highest BCUT2D eigenvalue weighted by molar-refractivity contribution is 5.49. The molecule has 0 amide bonds. The molecule has 1 N–H and O–H groups in total. The summed E-state index contributed by atoms with van der Waals surface area (Å²) in [6, 6.07) is 3.61. The summed E-state index contributed by atoms with van der Waals surface area (Å²) in [4.78, 5) is 6.76. The summed E-state index contributed by atoms with van der Waals surface area (Å²) in [6.07, 6.45) is 7.90. The van der Waals surface area contributed by atoms with Gasteiger partial charge in [0.25, 0.3) is 0 Å².